The van der Waals surface area contributed by atoms with E-state index < -0.39 is 0 Å². The molecular formula is C25H36IN5O2. The first-order valence-electron chi connectivity index (χ1n) is 11.5. The molecule has 2 aliphatic heterocycles. The Morgan fingerprint density at radius 1 is 0.818 bits per heavy atom. The first kappa shape index (κ1) is 25.7. The van der Waals surface area contributed by atoms with Gasteiger partial charge in [-0.3, -0.25) is 9.89 Å². The summed E-state index contributed by atoms with van der Waals surface area (Å²) in [5, 5.41) is 6.90. The molecule has 2 aromatic rings. The molecule has 0 atom stereocenters. The van der Waals surface area contributed by atoms with Gasteiger partial charge in [0.1, 0.15) is 0 Å². The van der Waals surface area contributed by atoms with E-state index in [2.05, 4.69) is 74.0 Å². The van der Waals surface area contributed by atoms with Crippen LogP contribution < -0.4 is 15.5 Å². The third kappa shape index (κ3) is 7.84. The molecule has 2 aromatic carbocycles. The largest absolute Gasteiger partial charge is 0.379 e. The average molecular weight is 566 g/mol. The zero-order valence-electron chi connectivity index (χ0n) is 19.5. The fraction of sp³-hybridized carbons (Fsp3) is 0.480. The van der Waals surface area contributed by atoms with E-state index >= 15 is 0 Å². The monoisotopic (exact) mass is 565 g/mol. The van der Waals surface area contributed by atoms with E-state index in [0.717, 1.165) is 78.2 Å². The third-order valence-electron chi connectivity index (χ3n) is 6.06. The fourth-order valence-corrected chi connectivity index (χ4v) is 4.12. The van der Waals surface area contributed by atoms with Crippen molar-refractivity contribution in [1.82, 2.24) is 15.5 Å². The lowest BCUT2D eigenvalue weighted by Gasteiger charge is -2.29. The van der Waals surface area contributed by atoms with Crippen molar-refractivity contribution in [2.75, 3.05) is 64.6 Å². The van der Waals surface area contributed by atoms with E-state index in [1.165, 1.54) is 22.4 Å². The number of ether oxygens (including phenoxy) is 2. The molecule has 0 aliphatic carbocycles. The van der Waals surface area contributed by atoms with Crippen LogP contribution in [0.5, 0.6) is 0 Å². The molecule has 2 fully saturated rings. The predicted molar refractivity (Wildman–Crippen MR) is 144 cm³/mol. The van der Waals surface area contributed by atoms with Gasteiger partial charge in [-0.25, -0.2) is 0 Å². The number of nitrogens with one attached hydrogen (secondary N) is 2. The lowest BCUT2D eigenvalue weighted by molar-refractivity contribution is 0.0341. The van der Waals surface area contributed by atoms with Gasteiger partial charge in [0, 0.05) is 58.5 Å². The average Bonchev–Trinajstić information content (AvgIpc) is 2.86. The number of aliphatic imine (C=N–C) groups is 1. The number of anilines is 1. The van der Waals surface area contributed by atoms with Crippen molar-refractivity contribution in [2.24, 2.45) is 4.99 Å². The number of halogens is 1. The molecule has 4 rings (SSSR count). The van der Waals surface area contributed by atoms with Gasteiger partial charge in [-0.1, -0.05) is 36.4 Å². The highest BCUT2D eigenvalue weighted by Crippen LogP contribution is 2.17. The van der Waals surface area contributed by atoms with Gasteiger partial charge in [-0.15, -0.1) is 24.0 Å². The van der Waals surface area contributed by atoms with Crippen LogP contribution in [0.2, 0.25) is 0 Å². The number of hydrogen-bond acceptors (Lipinski definition) is 5. The summed E-state index contributed by atoms with van der Waals surface area (Å²) in [5.74, 6) is 0.809. The molecule has 0 unspecified atom stereocenters. The molecule has 0 radical (unpaired) electrons. The molecule has 2 aliphatic rings. The molecule has 2 saturated heterocycles. The molecule has 0 bridgehead atoms. The summed E-state index contributed by atoms with van der Waals surface area (Å²) in [4.78, 5) is 9.22. The van der Waals surface area contributed by atoms with E-state index in [0.29, 0.717) is 0 Å². The second-order valence-electron chi connectivity index (χ2n) is 8.20. The summed E-state index contributed by atoms with van der Waals surface area (Å²) in [5.41, 5.74) is 5.15. The highest BCUT2D eigenvalue weighted by molar-refractivity contribution is 14.0. The summed E-state index contributed by atoms with van der Waals surface area (Å²) in [6.07, 6.45) is 0. The maximum atomic E-state index is 5.48. The number of benzene rings is 2. The summed E-state index contributed by atoms with van der Waals surface area (Å²) in [7, 11) is 1.82. The summed E-state index contributed by atoms with van der Waals surface area (Å²) in [6, 6.07) is 17.4. The van der Waals surface area contributed by atoms with Crippen molar-refractivity contribution in [2.45, 2.75) is 19.6 Å². The predicted octanol–water partition coefficient (Wildman–Crippen LogP) is 2.84. The molecule has 0 aromatic heterocycles. The quantitative estimate of drug-likeness (QED) is 0.306. The standard InChI is InChI=1S/C25H35N5O2.HI/c1-26-25(27-18-21-6-8-24(9-7-21)30-12-16-32-17-13-30)28-19-22-4-2-3-5-23(22)20-29-10-14-31-15-11-29;/h2-9H,10-20H2,1H3,(H2,26,27,28);1H. The zero-order valence-corrected chi connectivity index (χ0v) is 21.8. The van der Waals surface area contributed by atoms with Gasteiger partial charge in [0.15, 0.2) is 5.96 Å². The van der Waals surface area contributed by atoms with Crippen molar-refractivity contribution in [3.05, 3.63) is 65.2 Å². The van der Waals surface area contributed by atoms with E-state index in [9.17, 15) is 0 Å². The van der Waals surface area contributed by atoms with Crippen molar-refractivity contribution in [3.8, 4) is 0 Å². The second kappa shape index (κ2) is 13.7. The molecule has 7 nitrogen and oxygen atoms in total. The molecule has 2 heterocycles. The van der Waals surface area contributed by atoms with E-state index in [1.54, 1.807) is 0 Å². The lowest BCUT2D eigenvalue weighted by atomic mass is 10.1. The van der Waals surface area contributed by atoms with Crippen molar-refractivity contribution in [1.29, 1.82) is 0 Å². The van der Waals surface area contributed by atoms with Crippen molar-refractivity contribution in [3.63, 3.8) is 0 Å². The Morgan fingerprint density at radius 2 is 1.42 bits per heavy atom. The van der Waals surface area contributed by atoms with Crippen molar-refractivity contribution >= 4 is 35.6 Å². The van der Waals surface area contributed by atoms with Crippen molar-refractivity contribution < 1.29 is 9.47 Å². The van der Waals surface area contributed by atoms with Crippen LogP contribution in [0.4, 0.5) is 5.69 Å². The Bertz CT molecular complexity index is 865. The molecule has 33 heavy (non-hydrogen) atoms. The van der Waals surface area contributed by atoms with Crippen LogP contribution in [0.1, 0.15) is 16.7 Å². The Labute approximate surface area is 214 Å². The smallest absolute Gasteiger partial charge is 0.191 e. The van der Waals surface area contributed by atoms with E-state index in [1.807, 2.05) is 7.05 Å². The third-order valence-corrected chi connectivity index (χ3v) is 6.06. The van der Waals surface area contributed by atoms with E-state index in [-0.39, 0.29) is 24.0 Å². The van der Waals surface area contributed by atoms with Crippen LogP contribution in [0.15, 0.2) is 53.5 Å². The first-order chi connectivity index (χ1) is 15.8. The summed E-state index contributed by atoms with van der Waals surface area (Å²) < 4.78 is 10.9. The Hall–Kier alpha value is -1.88. The molecule has 0 spiro atoms. The minimum absolute atomic E-state index is 0. The van der Waals surface area contributed by atoms with Crippen LogP contribution in [-0.4, -0.2) is 70.5 Å². The number of nitrogens with zero attached hydrogens (tertiary/aromatic N) is 3. The zero-order chi connectivity index (χ0) is 22.0. The van der Waals surface area contributed by atoms with Gasteiger partial charge < -0.3 is 25.0 Å². The maximum absolute atomic E-state index is 5.48. The van der Waals surface area contributed by atoms with Gasteiger partial charge >= 0.3 is 0 Å². The van der Waals surface area contributed by atoms with E-state index in [4.69, 9.17) is 9.47 Å². The number of hydrogen-bond donors (Lipinski definition) is 2. The Balaban J connectivity index is 0.00000306. The van der Waals surface area contributed by atoms with Crippen LogP contribution in [0.25, 0.3) is 0 Å². The Morgan fingerprint density at radius 3 is 2.09 bits per heavy atom. The van der Waals surface area contributed by atoms with Gasteiger partial charge in [-0.05, 0) is 28.8 Å². The number of morpholine rings is 2. The topological polar surface area (TPSA) is 61.4 Å². The van der Waals surface area contributed by atoms with Gasteiger partial charge in [0.25, 0.3) is 0 Å². The SMILES string of the molecule is CN=C(NCc1ccc(N2CCOCC2)cc1)NCc1ccccc1CN1CCOCC1.I. The summed E-state index contributed by atoms with van der Waals surface area (Å²) in [6.45, 7) is 9.61. The highest BCUT2D eigenvalue weighted by atomic mass is 127. The minimum Gasteiger partial charge on any atom is -0.379 e. The van der Waals surface area contributed by atoms with Crippen LogP contribution in [0, 0.1) is 0 Å². The molecule has 8 heteroatoms. The van der Waals surface area contributed by atoms with Crippen LogP contribution in [0.3, 0.4) is 0 Å². The Kier molecular flexibility index (Phi) is 10.7. The van der Waals surface area contributed by atoms with Gasteiger partial charge in [0.2, 0.25) is 0 Å². The molecule has 2 N–H and O–H groups in total. The normalized spacial score (nSPS) is 17.4. The molecule has 0 saturated carbocycles. The molecule has 180 valence electrons. The number of guanidine groups is 1. The maximum Gasteiger partial charge on any atom is 0.191 e. The number of rotatable bonds is 7. The first-order valence-corrected chi connectivity index (χ1v) is 11.5. The summed E-state index contributed by atoms with van der Waals surface area (Å²) >= 11 is 0. The highest BCUT2D eigenvalue weighted by Gasteiger charge is 2.13. The molecule has 0 amide bonds. The van der Waals surface area contributed by atoms with Gasteiger partial charge in [-0.2, -0.15) is 0 Å². The fourth-order valence-electron chi connectivity index (χ4n) is 4.12. The van der Waals surface area contributed by atoms with Crippen LogP contribution in [-0.2, 0) is 29.1 Å². The van der Waals surface area contributed by atoms with Gasteiger partial charge in [0.05, 0.1) is 26.4 Å². The lowest BCUT2D eigenvalue weighted by Crippen LogP contribution is -2.37. The molecular weight excluding hydrogens is 529 g/mol. The minimum atomic E-state index is 0. The second-order valence-corrected chi connectivity index (χ2v) is 8.20. The van der Waals surface area contributed by atoms with Crippen LogP contribution >= 0.6 is 24.0 Å².